The summed E-state index contributed by atoms with van der Waals surface area (Å²) in [5.74, 6) is -1.03. The first kappa shape index (κ1) is 13.0. The van der Waals surface area contributed by atoms with Crippen molar-refractivity contribution in [2.45, 2.75) is 26.8 Å². The molecule has 17 heavy (non-hydrogen) atoms. The van der Waals surface area contributed by atoms with Crippen molar-refractivity contribution in [3.63, 3.8) is 0 Å². The molecule has 1 amide bonds. The van der Waals surface area contributed by atoms with Crippen LogP contribution in [0.2, 0.25) is 0 Å². The Labute approximate surface area is 99.3 Å². The van der Waals surface area contributed by atoms with Gasteiger partial charge in [-0.3, -0.25) is 9.48 Å². The number of amides is 1. The van der Waals surface area contributed by atoms with E-state index in [1.807, 2.05) is 6.92 Å². The highest BCUT2D eigenvalue weighted by Gasteiger charge is 2.21. The number of amidine groups is 1. The van der Waals surface area contributed by atoms with Gasteiger partial charge in [0.25, 0.3) is 0 Å². The zero-order chi connectivity index (χ0) is 12.8. The van der Waals surface area contributed by atoms with Crippen LogP contribution in [0.4, 0.5) is 5.69 Å². The fraction of sp³-hybridized carbons (Fsp3) is 0.500. The zero-order valence-electron chi connectivity index (χ0n) is 9.92. The molecule has 0 radical (unpaired) electrons. The molecule has 0 saturated carbocycles. The van der Waals surface area contributed by atoms with E-state index in [4.69, 9.17) is 10.9 Å². The fourth-order valence-corrected chi connectivity index (χ4v) is 1.43. The summed E-state index contributed by atoms with van der Waals surface area (Å²) in [5.41, 5.74) is 6.03. The lowest BCUT2D eigenvalue weighted by atomic mass is 10.0. The van der Waals surface area contributed by atoms with Crippen molar-refractivity contribution in [1.29, 1.82) is 0 Å². The smallest absolute Gasteiger partial charge is 0.235 e. The monoisotopic (exact) mass is 239 g/mol. The Morgan fingerprint density at radius 3 is 2.88 bits per heavy atom. The van der Waals surface area contributed by atoms with Gasteiger partial charge in [-0.25, -0.2) is 0 Å². The molecule has 1 unspecified atom stereocenters. The number of nitrogens with zero attached hydrogens (tertiary/aromatic N) is 3. The Balaban J connectivity index is 2.70. The van der Waals surface area contributed by atoms with Gasteiger partial charge in [-0.1, -0.05) is 12.1 Å². The van der Waals surface area contributed by atoms with Gasteiger partial charge in [0.15, 0.2) is 5.84 Å². The Bertz CT molecular complexity index is 413. The second-order valence-electron chi connectivity index (χ2n) is 3.56. The number of oxime groups is 1. The van der Waals surface area contributed by atoms with Crippen LogP contribution in [-0.2, 0) is 11.3 Å². The van der Waals surface area contributed by atoms with Crippen LogP contribution in [0.25, 0.3) is 0 Å². The van der Waals surface area contributed by atoms with Crippen LogP contribution < -0.4 is 11.1 Å². The third kappa shape index (κ3) is 3.20. The maximum atomic E-state index is 11.8. The van der Waals surface area contributed by atoms with Gasteiger partial charge in [-0.15, -0.1) is 0 Å². The molecule has 0 saturated heterocycles. The molecule has 1 atom stereocenters. The largest absolute Gasteiger partial charge is 0.409 e. The van der Waals surface area contributed by atoms with Crippen molar-refractivity contribution in [2.75, 3.05) is 5.32 Å². The summed E-state index contributed by atoms with van der Waals surface area (Å²) in [6.07, 6.45) is 3.74. The number of carbonyl (C=O) groups is 1. The Morgan fingerprint density at radius 1 is 1.71 bits per heavy atom. The molecule has 7 nitrogen and oxygen atoms in total. The highest BCUT2D eigenvalue weighted by atomic mass is 16.4. The van der Waals surface area contributed by atoms with Crippen molar-refractivity contribution in [3.8, 4) is 0 Å². The van der Waals surface area contributed by atoms with Crippen molar-refractivity contribution >= 4 is 17.4 Å². The summed E-state index contributed by atoms with van der Waals surface area (Å²) < 4.78 is 1.69. The van der Waals surface area contributed by atoms with Crippen LogP contribution in [-0.4, -0.2) is 26.7 Å². The molecule has 0 fully saturated rings. The summed E-state index contributed by atoms with van der Waals surface area (Å²) in [6.45, 7) is 4.47. The van der Waals surface area contributed by atoms with Crippen molar-refractivity contribution in [2.24, 2.45) is 16.8 Å². The minimum Gasteiger partial charge on any atom is -0.409 e. The van der Waals surface area contributed by atoms with Gasteiger partial charge in [0.05, 0.1) is 17.8 Å². The molecule has 7 heteroatoms. The highest BCUT2D eigenvalue weighted by Crippen LogP contribution is 2.10. The van der Waals surface area contributed by atoms with E-state index in [1.54, 1.807) is 24.0 Å². The molecule has 0 aliphatic heterocycles. The molecule has 0 aromatic carbocycles. The first-order chi connectivity index (χ1) is 8.12. The lowest BCUT2D eigenvalue weighted by Gasteiger charge is -2.11. The van der Waals surface area contributed by atoms with E-state index in [9.17, 15) is 4.79 Å². The molecule has 0 spiro atoms. The normalized spacial score (nSPS) is 13.4. The van der Waals surface area contributed by atoms with Crippen LogP contribution in [0, 0.1) is 5.92 Å². The minimum atomic E-state index is -0.634. The number of hydrogen-bond donors (Lipinski definition) is 3. The number of rotatable bonds is 5. The second-order valence-corrected chi connectivity index (χ2v) is 3.56. The van der Waals surface area contributed by atoms with Gasteiger partial charge in [0, 0.05) is 12.7 Å². The van der Waals surface area contributed by atoms with Crippen molar-refractivity contribution < 1.29 is 10.0 Å². The fourth-order valence-electron chi connectivity index (χ4n) is 1.43. The molecule has 0 aliphatic carbocycles. The van der Waals surface area contributed by atoms with Gasteiger partial charge in [0.2, 0.25) is 5.91 Å². The van der Waals surface area contributed by atoms with Gasteiger partial charge in [-0.05, 0) is 13.3 Å². The molecule has 1 rings (SSSR count). The third-order valence-corrected chi connectivity index (χ3v) is 2.42. The highest BCUT2D eigenvalue weighted by molar-refractivity contribution is 6.07. The average Bonchev–Trinajstić information content (AvgIpc) is 2.77. The summed E-state index contributed by atoms with van der Waals surface area (Å²) >= 11 is 0. The number of aryl methyl sites for hydroxylation is 1. The molecule has 0 bridgehead atoms. The SMILES string of the molecule is CCC(C(=O)Nc1cnn(CC)c1)C(N)=NO. The molecular weight excluding hydrogens is 222 g/mol. The van der Waals surface area contributed by atoms with Crippen LogP contribution in [0.5, 0.6) is 0 Å². The number of aromatic nitrogens is 2. The molecule has 1 heterocycles. The molecule has 0 aliphatic rings. The number of nitrogens with one attached hydrogen (secondary N) is 1. The Kier molecular flexibility index (Phi) is 4.50. The number of hydrogen-bond acceptors (Lipinski definition) is 4. The predicted octanol–water partition coefficient (Wildman–Crippen LogP) is 0.614. The first-order valence-electron chi connectivity index (χ1n) is 5.43. The van der Waals surface area contributed by atoms with Crippen LogP contribution >= 0.6 is 0 Å². The minimum absolute atomic E-state index is 0.0899. The lowest BCUT2D eigenvalue weighted by molar-refractivity contribution is -0.118. The molecule has 4 N–H and O–H groups in total. The maximum Gasteiger partial charge on any atom is 0.235 e. The number of nitrogens with two attached hydrogens (primary N) is 1. The Hall–Kier alpha value is -2.05. The number of carbonyl (C=O) groups excluding carboxylic acids is 1. The van der Waals surface area contributed by atoms with Gasteiger partial charge in [-0.2, -0.15) is 5.10 Å². The van der Waals surface area contributed by atoms with E-state index >= 15 is 0 Å². The van der Waals surface area contributed by atoms with E-state index in [2.05, 4.69) is 15.6 Å². The summed E-state index contributed by atoms with van der Waals surface area (Å²) in [5, 5.41) is 18.1. The van der Waals surface area contributed by atoms with Crippen molar-refractivity contribution in [3.05, 3.63) is 12.4 Å². The molecule has 1 aromatic rings. The topological polar surface area (TPSA) is 106 Å². The standard InChI is InChI=1S/C10H17N5O2/c1-3-8(9(11)14-17)10(16)13-7-5-12-15(4-2)6-7/h5-6,8,17H,3-4H2,1-2H3,(H2,11,14)(H,13,16). The van der Waals surface area contributed by atoms with E-state index in [0.717, 1.165) is 6.54 Å². The second kappa shape index (κ2) is 5.88. The molecule has 1 aromatic heterocycles. The third-order valence-electron chi connectivity index (χ3n) is 2.42. The van der Waals surface area contributed by atoms with E-state index in [-0.39, 0.29) is 11.7 Å². The van der Waals surface area contributed by atoms with Gasteiger partial charge >= 0.3 is 0 Å². The summed E-state index contributed by atoms with van der Waals surface area (Å²) in [6, 6.07) is 0. The van der Waals surface area contributed by atoms with E-state index in [1.165, 1.54) is 0 Å². The Morgan fingerprint density at radius 2 is 2.41 bits per heavy atom. The maximum absolute atomic E-state index is 11.8. The number of anilines is 1. The van der Waals surface area contributed by atoms with Gasteiger partial charge < -0.3 is 16.3 Å². The first-order valence-corrected chi connectivity index (χ1v) is 5.43. The summed E-state index contributed by atoms with van der Waals surface area (Å²) in [4.78, 5) is 11.8. The van der Waals surface area contributed by atoms with Gasteiger partial charge in [0.1, 0.15) is 0 Å². The van der Waals surface area contributed by atoms with Crippen LogP contribution in [0.3, 0.4) is 0 Å². The van der Waals surface area contributed by atoms with Crippen LogP contribution in [0.15, 0.2) is 17.5 Å². The average molecular weight is 239 g/mol. The van der Waals surface area contributed by atoms with Crippen molar-refractivity contribution in [1.82, 2.24) is 9.78 Å². The zero-order valence-corrected chi connectivity index (χ0v) is 9.92. The van der Waals surface area contributed by atoms with E-state index in [0.29, 0.717) is 12.1 Å². The predicted molar refractivity (Wildman–Crippen MR) is 63.7 cm³/mol. The van der Waals surface area contributed by atoms with Crippen LogP contribution in [0.1, 0.15) is 20.3 Å². The lowest BCUT2D eigenvalue weighted by Crippen LogP contribution is -2.34. The molecular formula is C10H17N5O2. The van der Waals surface area contributed by atoms with E-state index < -0.39 is 5.92 Å². The summed E-state index contributed by atoms with van der Waals surface area (Å²) in [7, 11) is 0. The molecule has 94 valence electrons. The quantitative estimate of drug-likeness (QED) is 0.303.